The number of rotatable bonds is 8. The maximum Gasteiger partial charge on any atom is 0.142 e. The lowest BCUT2D eigenvalue weighted by atomic mass is 9.88. The molecule has 0 unspecified atom stereocenters. The molecule has 0 aliphatic carbocycles. The van der Waals surface area contributed by atoms with Gasteiger partial charge in [0.2, 0.25) is 0 Å². The Morgan fingerprint density at radius 1 is 1.16 bits per heavy atom. The molecule has 0 spiro atoms. The third-order valence-corrected chi connectivity index (χ3v) is 3.28. The van der Waals surface area contributed by atoms with Gasteiger partial charge in [0.15, 0.2) is 0 Å². The standard InChI is InChI=1S/C16H25NO2/c1-4-11-16(18,12-5-2)14(3)17-19-13-15-9-7-6-8-10-15/h6-10,18H,4-5,11-13H2,1-3H3/b17-14+. The summed E-state index contributed by atoms with van der Waals surface area (Å²) in [6, 6.07) is 9.91. The molecule has 0 aliphatic rings. The highest BCUT2D eigenvalue weighted by Crippen LogP contribution is 2.21. The van der Waals surface area contributed by atoms with E-state index in [9.17, 15) is 5.11 Å². The van der Waals surface area contributed by atoms with E-state index >= 15 is 0 Å². The van der Waals surface area contributed by atoms with E-state index in [0.717, 1.165) is 31.2 Å². The maximum absolute atomic E-state index is 10.6. The molecule has 1 aromatic carbocycles. The summed E-state index contributed by atoms with van der Waals surface area (Å²) in [5.74, 6) is 0. The van der Waals surface area contributed by atoms with Gasteiger partial charge in [-0.1, -0.05) is 62.2 Å². The minimum Gasteiger partial charge on any atom is -0.391 e. The van der Waals surface area contributed by atoms with Gasteiger partial charge in [-0.05, 0) is 25.3 Å². The van der Waals surface area contributed by atoms with Crippen molar-refractivity contribution in [3.63, 3.8) is 0 Å². The van der Waals surface area contributed by atoms with E-state index < -0.39 is 5.60 Å². The van der Waals surface area contributed by atoms with Crippen LogP contribution >= 0.6 is 0 Å². The molecule has 1 N–H and O–H groups in total. The van der Waals surface area contributed by atoms with Gasteiger partial charge < -0.3 is 9.94 Å². The Hall–Kier alpha value is -1.35. The molecule has 3 heteroatoms. The second kappa shape index (κ2) is 7.95. The van der Waals surface area contributed by atoms with E-state index in [0.29, 0.717) is 12.3 Å². The van der Waals surface area contributed by atoms with Crippen LogP contribution in [0.1, 0.15) is 52.0 Å². The summed E-state index contributed by atoms with van der Waals surface area (Å²) >= 11 is 0. The van der Waals surface area contributed by atoms with E-state index in [4.69, 9.17) is 4.84 Å². The fraction of sp³-hybridized carbons (Fsp3) is 0.562. The molecule has 0 atom stereocenters. The zero-order valence-corrected chi connectivity index (χ0v) is 12.2. The lowest BCUT2D eigenvalue weighted by Crippen LogP contribution is -2.36. The molecule has 0 bridgehead atoms. The highest BCUT2D eigenvalue weighted by atomic mass is 16.6. The van der Waals surface area contributed by atoms with E-state index in [1.54, 1.807) is 0 Å². The molecule has 106 valence electrons. The average molecular weight is 263 g/mol. The van der Waals surface area contributed by atoms with Crippen molar-refractivity contribution in [1.29, 1.82) is 0 Å². The lowest BCUT2D eigenvalue weighted by molar-refractivity contribution is 0.0749. The molecule has 0 fully saturated rings. The quantitative estimate of drug-likeness (QED) is 0.570. The predicted molar refractivity (Wildman–Crippen MR) is 79.1 cm³/mol. The first-order valence-corrected chi connectivity index (χ1v) is 7.05. The fourth-order valence-corrected chi connectivity index (χ4v) is 2.18. The molecular weight excluding hydrogens is 238 g/mol. The average Bonchev–Trinajstić information content (AvgIpc) is 2.40. The van der Waals surface area contributed by atoms with Gasteiger partial charge in [0.25, 0.3) is 0 Å². The van der Waals surface area contributed by atoms with Crippen molar-refractivity contribution in [1.82, 2.24) is 0 Å². The van der Waals surface area contributed by atoms with E-state index in [-0.39, 0.29) is 0 Å². The monoisotopic (exact) mass is 263 g/mol. The largest absolute Gasteiger partial charge is 0.391 e. The minimum absolute atomic E-state index is 0.437. The van der Waals surface area contributed by atoms with Crippen LogP contribution in [0.15, 0.2) is 35.5 Å². The summed E-state index contributed by atoms with van der Waals surface area (Å²) in [6.45, 7) is 6.42. The van der Waals surface area contributed by atoms with Gasteiger partial charge in [0, 0.05) is 0 Å². The summed E-state index contributed by atoms with van der Waals surface area (Å²) in [7, 11) is 0. The SMILES string of the molecule is CCCC(O)(CCC)/C(C)=N/OCc1ccccc1. The van der Waals surface area contributed by atoms with Crippen LogP contribution in [-0.2, 0) is 11.4 Å². The number of aliphatic hydroxyl groups is 1. The Bertz CT molecular complexity index is 381. The van der Waals surface area contributed by atoms with Gasteiger partial charge in [-0.25, -0.2) is 0 Å². The Kier molecular flexibility index (Phi) is 6.57. The van der Waals surface area contributed by atoms with Gasteiger partial charge >= 0.3 is 0 Å². The second-order valence-electron chi connectivity index (χ2n) is 4.97. The third-order valence-electron chi connectivity index (χ3n) is 3.28. The highest BCUT2D eigenvalue weighted by molar-refractivity contribution is 5.89. The van der Waals surface area contributed by atoms with E-state index in [2.05, 4.69) is 19.0 Å². The molecular formula is C16H25NO2. The topological polar surface area (TPSA) is 41.8 Å². The van der Waals surface area contributed by atoms with Crippen LogP contribution in [0.2, 0.25) is 0 Å². The van der Waals surface area contributed by atoms with Crippen molar-refractivity contribution in [2.24, 2.45) is 5.16 Å². The zero-order valence-electron chi connectivity index (χ0n) is 12.2. The first kappa shape index (κ1) is 15.7. The number of nitrogens with zero attached hydrogens (tertiary/aromatic N) is 1. The lowest BCUT2D eigenvalue weighted by Gasteiger charge is -2.26. The van der Waals surface area contributed by atoms with Crippen LogP contribution in [0.25, 0.3) is 0 Å². The molecule has 0 saturated heterocycles. The Balaban J connectivity index is 2.59. The molecule has 0 saturated carbocycles. The van der Waals surface area contributed by atoms with Crippen LogP contribution in [-0.4, -0.2) is 16.4 Å². The Labute approximate surface area is 116 Å². The van der Waals surface area contributed by atoms with E-state index in [1.807, 2.05) is 37.3 Å². The smallest absolute Gasteiger partial charge is 0.142 e. The van der Waals surface area contributed by atoms with Crippen molar-refractivity contribution >= 4 is 5.71 Å². The molecule has 0 heterocycles. The number of benzene rings is 1. The number of oxime groups is 1. The van der Waals surface area contributed by atoms with Crippen LogP contribution in [0, 0.1) is 0 Å². The molecule has 1 aromatic rings. The first-order chi connectivity index (χ1) is 9.12. The zero-order chi connectivity index (χ0) is 14.1. The van der Waals surface area contributed by atoms with Gasteiger partial charge in [0.05, 0.1) is 5.71 Å². The van der Waals surface area contributed by atoms with Crippen LogP contribution in [0.5, 0.6) is 0 Å². The third kappa shape index (κ3) is 5.03. The minimum atomic E-state index is -0.819. The molecule has 3 nitrogen and oxygen atoms in total. The predicted octanol–water partition coefficient (Wildman–Crippen LogP) is 3.91. The molecule has 1 rings (SSSR count). The normalized spacial score (nSPS) is 12.5. The molecule has 0 aliphatic heterocycles. The van der Waals surface area contributed by atoms with Crippen LogP contribution < -0.4 is 0 Å². The number of hydrogen-bond donors (Lipinski definition) is 1. The number of hydrogen-bond acceptors (Lipinski definition) is 3. The molecule has 0 amide bonds. The Morgan fingerprint density at radius 2 is 1.74 bits per heavy atom. The fourth-order valence-electron chi connectivity index (χ4n) is 2.18. The van der Waals surface area contributed by atoms with Crippen LogP contribution in [0.4, 0.5) is 0 Å². The van der Waals surface area contributed by atoms with Crippen molar-refractivity contribution < 1.29 is 9.94 Å². The summed E-state index contributed by atoms with van der Waals surface area (Å²) in [5, 5.41) is 14.7. The van der Waals surface area contributed by atoms with Crippen molar-refractivity contribution in [2.45, 2.75) is 58.7 Å². The van der Waals surface area contributed by atoms with Crippen molar-refractivity contribution in [3.05, 3.63) is 35.9 Å². The van der Waals surface area contributed by atoms with E-state index in [1.165, 1.54) is 0 Å². The van der Waals surface area contributed by atoms with Crippen molar-refractivity contribution in [2.75, 3.05) is 0 Å². The molecule has 0 aromatic heterocycles. The summed E-state index contributed by atoms with van der Waals surface area (Å²) in [6.07, 6.45) is 3.32. The molecule has 19 heavy (non-hydrogen) atoms. The summed E-state index contributed by atoms with van der Waals surface area (Å²) in [4.78, 5) is 5.35. The van der Waals surface area contributed by atoms with Crippen molar-refractivity contribution in [3.8, 4) is 0 Å². The second-order valence-corrected chi connectivity index (χ2v) is 4.97. The van der Waals surface area contributed by atoms with Gasteiger partial charge in [-0.15, -0.1) is 0 Å². The summed E-state index contributed by atoms with van der Waals surface area (Å²) < 4.78 is 0. The van der Waals surface area contributed by atoms with Crippen LogP contribution in [0.3, 0.4) is 0 Å². The Morgan fingerprint density at radius 3 is 2.26 bits per heavy atom. The first-order valence-electron chi connectivity index (χ1n) is 7.05. The van der Waals surface area contributed by atoms with Gasteiger partial charge in [0.1, 0.15) is 12.2 Å². The van der Waals surface area contributed by atoms with Gasteiger partial charge in [-0.2, -0.15) is 0 Å². The summed E-state index contributed by atoms with van der Waals surface area (Å²) in [5.41, 5.74) is 0.931. The highest BCUT2D eigenvalue weighted by Gasteiger charge is 2.29. The maximum atomic E-state index is 10.6. The van der Waals surface area contributed by atoms with Gasteiger partial charge in [-0.3, -0.25) is 0 Å². The molecule has 0 radical (unpaired) electrons.